The van der Waals surface area contributed by atoms with Gasteiger partial charge in [0.25, 0.3) is 5.69 Å². The van der Waals surface area contributed by atoms with E-state index < -0.39 is 32.1 Å². The molecule has 0 radical (unpaired) electrons. The van der Waals surface area contributed by atoms with E-state index >= 15 is 0 Å². The summed E-state index contributed by atoms with van der Waals surface area (Å²) in [6.45, 7) is 0.294. The fourth-order valence-electron chi connectivity index (χ4n) is 2.21. The summed E-state index contributed by atoms with van der Waals surface area (Å²) in [5, 5.41) is 16.5. The molecule has 29 heavy (non-hydrogen) atoms. The average Bonchev–Trinajstić information content (AvgIpc) is 2.65. The second-order valence-electron chi connectivity index (χ2n) is 5.85. The van der Waals surface area contributed by atoms with Gasteiger partial charge in [-0.1, -0.05) is 0 Å². The number of hydrogen-bond donors (Lipinski definition) is 2. The summed E-state index contributed by atoms with van der Waals surface area (Å²) in [6, 6.07) is 6.83. The molecule has 0 fully saturated rings. The van der Waals surface area contributed by atoms with Crippen LogP contribution in [0.25, 0.3) is 0 Å². The van der Waals surface area contributed by atoms with Crippen LogP contribution >= 0.6 is 11.8 Å². The molecule has 0 aliphatic carbocycles. The number of benzene rings is 2. The average molecular weight is 445 g/mol. The molecule has 0 unspecified atom stereocenters. The maximum Gasteiger partial charge on any atom is 0.293 e. The Bertz CT molecular complexity index is 1030. The first-order valence-corrected chi connectivity index (χ1v) is 11.0. The zero-order chi connectivity index (χ0) is 21.6. The number of nitrogens with zero attached hydrogens (tertiary/aromatic N) is 1. The van der Waals surface area contributed by atoms with Crippen LogP contribution in [0, 0.1) is 21.7 Å². The van der Waals surface area contributed by atoms with Gasteiger partial charge in [0.05, 0.1) is 15.6 Å². The van der Waals surface area contributed by atoms with Crippen molar-refractivity contribution in [3.8, 4) is 0 Å². The molecule has 0 spiro atoms. The van der Waals surface area contributed by atoms with Crippen molar-refractivity contribution in [2.24, 2.45) is 0 Å². The second-order valence-corrected chi connectivity index (χ2v) is 8.91. The Hall–Kier alpha value is -2.73. The molecule has 1 amide bonds. The molecule has 8 nitrogen and oxygen atoms in total. The molecule has 2 N–H and O–H groups in total. The van der Waals surface area contributed by atoms with Gasteiger partial charge in [0.15, 0.2) is 21.5 Å². The summed E-state index contributed by atoms with van der Waals surface area (Å²) in [6.07, 6.45) is 0.951. The van der Waals surface area contributed by atoms with Crippen LogP contribution in [0.3, 0.4) is 0 Å². The number of nitro benzene ring substituents is 1. The fraction of sp³-hybridized carbons (Fsp3) is 0.235. The third-order valence-corrected chi connectivity index (χ3v) is 5.72. The van der Waals surface area contributed by atoms with E-state index in [9.17, 15) is 32.1 Å². The molecule has 0 aliphatic rings. The van der Waals surface area contributed by atoms with E-state index in [-0.39, 0.29) is 35.3 Å². The van der Waals surface area contributed by atoms with Crippen LogP contribution in [-0.4, -0.2) is 44.3 Å². The molecule has 156 valence electrons. The Morgan fingerprint density at radius 2 is 1.86 bits per heavy atom. The number of sulfone groups is 1. The van der Waals surface area contributed by atoms with Crippen molar-refractivity contribution in [3.63, 3.8) is 0 Å². The number of hydrogen-bond acceptors (Lipinski definition) is 7. The van der Waals surface area contributed by atoms with Crippen LogP contribution in [-0.2, 0) is 14.6 Å². The van der Waals surface area contributed by atoms with Crippen molar-refractivity contribution in [1.29, 1.82) is 0 Å². The van der Waals surface area contributed by atoms with Crippen LogP contribution in [0.15, 0.2) is 46.2 Å². The molecule has 0 aromatic heterocycles. The van der Waals surface area contributed by atoms with Crippen molar-refractivity contribution in [1.82, 2.24) is 5.32 Å². The van der Waals surface area contributed by atoms with Gasteiger partial charge in [0.2, 0.25) is 5.91 Å². The lowest BCUT2D eigenvalue weighted by Crippen LogP contribution is -2.30. The van der Waals surface area contributed by atoms with Gasteiger partial charge in [-0.25, -0.2) is 17.2 Å². The third-order valence-electron chi connectivity index (χ3n) is 3.62. The molecule has 0 bridgehead atoms. The molecule has 0 saturated carbocycles. The van der Waals surface area contributed by atoms with Gasteiger partial charge < -0.3 is 10.6 Å². The number of anilines is 1. The van der Waals surface area contributed by atoms with Crippen LogP contribution < -0.4 is 10.6 Å². The minimum atomic E-state index is -3.58. The largest absolute Gasteiger partial charge is 0.378 e. The molecule has 12 heteroatoms. The van der Waals surface area contributed by atoms with E-state index in [1.165, 1.54) is 18.2 Å². The number of rotatable bonds is 9. The summed E-state index contributed by atoms with van der Waals surface area (Å²) in [7, 11) is -3.58. The molecule has 2 aromatic rings. The van der Waals surface area contributed by atoms with E-state index in [0.29, 0.717) is 4.90 Å². The van der Waals surface area contributed by atoms with Crippen LogP contribution in [0.1, 0.15) is 0 Å². The highest BCUT2D eigenvalue weighted by Crippen LogP contribution is 2.27. The van der Waals surface area contributed by atoms with Gasteiger partial charge in [-0.2, -0.15) is 0 Å². The van der Waals surface area contributed by atoms with Crippen molar-refractivity contribution in [2.75, 3.05) is 30.4 Å². The van der Waals surface area contributed by atoms with Crippen LogP contribution in [0.2, 0.25) is 0 Å². The fourth-order valence-corrected chi connectivity index (χ4v) is 3.60. The summed E-state index contributed by atoms with van der Waals surface area (Å²) in [5.41, 5.74) is -0.277. The Labute approximate surface area is 169 Å². The zero-order valence-corrected chi connectivity index (χ0v) is 16.8. The topological polar surface area (TPSA) is 118 Å². The predicted octanol–water partition coefficient (Wildman–Crippen LogP) is 2.60. The highest BCUT2D eigenvalue weighted by molar-refractivity contribution is 8.00. The molecular weight excluding hydrogens is 428 g/mol. The van der Waals surface area contributed by atoms with Gasteiger partial charge in [-0.05, 0) is 30.3 Å². The van der Waals surface area contributed by atoms with Crippen molar-refractivity contribution in [3.05, 3.63) is 58.1 Å². The molecule has 0 aliphatic heterocycles. The number of amides is 1. The Morgan fingerprint density at radius 1 is 1.14 bits per heavy atom. The number of halogens is 2. The lowest BCUT2D eigenvalue weighted by atomic mass is 10.2. The van der Waals surface area contributed by atoms with E-state index in [2.05, 4.69) is 10.6 Å². The monoisotopic (exact) mass is 445 g/mol. The zero-order valence-electron chi connectivity index (χ0n) is 15.1. The molecule has 0 saturated heterocycles. The number of carbonyl (C=O) groups excluding carboxylic acids is 1. The van der Waals surface area contributed by atoms with Crippen LogP contribution in [0.4, 0.5) is 20.2 Å². The normalized spacial score (nSPS) is 11.1. The maximum absolute atomic E-state index is 13.1. The van der Waals surface area contributed by atoms with Crippen molar-refractivity contribution in [2.45, 2.75) is 9.79 Å². The standard InChI is InChI=1S/C17H17F2N3O5S2/c1-29(26,27)12-3-5-15(16(9-12)22(24)25)20-6-7-21-17(23)10-28-11-2-4-13(18)14(19)8-11/h2-5,8-9,20H,6-7,10H2,1H3,(H,21,23). The quantitative estimate of drug-likeness (QED) is 0.264. The summed E-state index contributed by atoms with van der Waals surface area (Å²) >= 11 is 1.03. The second kappa shape index (κ2) is 9.65. The number of nitrogens with one attached hydrogen (secondary N) is 2. The van der Waals surface area contributed by atoms with Crippen molar-refractivity contribution < 1.29 is 26.9 Å². The molecule has 2 aromatic carbocycles. The minimum Gasteiger partial charge on any atom is -0.378 e. The lowest BCUT2D eigenvalue weighted by Gasteiger charge is -2.09. The van der Waals surface area contributed by atoms with Gasteiger partial charge in [0, 0.05) is 30.3 Å². The Kier molecular flexibility index (Phi) is 7.51. The van der Waals surface area contributed by atoms with Gasteiger partial charge >= 0.3 is 0 Å². The number of thioether (sulfide) groups is 1. The number of carbonyl (C=O) groups is 1. The number of nitro groups is 1. The third kappa shape index (κ3) is 6.68. The molecule has 0 heterocycles. The van der Waals surface area contributed by atoms with E-state index in [0.717, 1.165) is 36.2 Å². The van der Waals surface area contributed by atoms with E-state index in [1.807, 2.05) is 0 Å². The first-order valence-electron chi connectivity index (χ1n) is 8.15. The summed E-state index contributed by atoms with van der Waals surface area (Å²) < 4.78 is 49.0. The SMILES string of the molecule is CS(=O)(=O)c1ccc(NCCNC(=O)CSc2ccc(F)c(F)c2)c([N+](=O)[O-])c1. The van der Waals surface area contributed by atoms with Gasteiger partial charge in [-0.15, -0.1) is 11.8 Å². The predicted molar refractivity (Wildman–Crippen MR) is 105 cm³/mol. The van der Waals surface area contributed by atoms with Crippen LogP contribution in [0.5, 0.6) is 0 Å². The van der Waals surface area contributed by atoms with Crippen molar-refractivity contribution >= 4 is 38.9 Å². The van der Waals surface area contributed by atoms with Gasteiger partial charge in [-0.3, -0.25) is 14.9 Å². The highest BCUT2D eigenvalue weighted by atomic mass is 32.2. The highest BCUT2D eigenvalue weighted by Gasteiger charge is 2.18. The minimum absolute atomic E-state index is 0.0196. The summed E-state index contributed by atoms with van der Waals surface area (Å²) in [4.78, 5) is 22.5. The Balaban J connectivity index is 1.84. The van der Waals surface area contributed by atoms with E-state index in [4.69, 9.17) is 0 Å². The molecule has 2 rings (SSSR count). The first kappa shape index (κ1) is 22.6. The molecule has 0 atom stereocenters. The van der Waals surface area contributed by atoms with E-state index in [1.54, 1.807) is 0 Å². The molecular formula is C17H17F2N3O5S2. The summed E-state index contributed by atoms with van der Waals surface area (Å²) in [5.74, 6) is -2.34. The Morgan fingerprint density at radius 3 is 2.48 bits per heavy atom. The maximum atomic E-state index is 13.1. The first-order chi connectivity index (χ1) is 13.6. The smallest absolute Gasteiger partial charge is 0.293 e. The lowest BCUT2D eigenvalue weighted by molar-refractivity contribution is -0.384. The van der Waals surface area contributed by atoms with Gasteiger partial charge in [0.1, 0.15) is 5.69 Å².